The Labute approximate surface area is 148 Å². The monoisotopic (exact) mass is 358 g/mol. The second-order valence-electron chi connectivity index (χ2n) is 4.97. The van der Waals surface area contributed by atoms with Crippen LogP contribution in [0.2, 0.25) is 0 Å². The summed E-state index contributed by atoms with van der Waals surface area (Å²) in [6.45, 7) is 0. The molecule has 0 unspecified atom stereocenters. The van der Waals surface area contributed by atoms with Crippen LogP contribution in [0.1, 0.15) is 5.56 Å². The van der Waals surface area contributed by atoms with E-state index in [1.54, 1.807) is 44.7 Å². The van der Waals surface area contributed by atoms with Crippen molar-refractivity contribution < 1.29 is 13.9 Å². The molecule has 0 saturated carbocycles. The second-order valence-corrected chi connectivity index (χ2v) is 5.36. The molecule has 1 aromatic heterocycles. The van der Waals surface area contributed by atoms with Gasteiger partial charge in [-0.1, -0.05) is 18.2 Å². The van der Waals surface area contributed by atoms with E-state index in [9.17, 15) is 4.39 Å². The number of nitrogens with zero attached hydrogens (tertiary/aromatic N) is 3. The summed E-state index contributed by atoms with van der Waals surface area (Å²) in [5.74, 6) is 0.987. The van der Waals surface area contributed by atoms with Crippen molar-refractivity contribution in [1.82, 2.24) is 14.9 Å². The molecule has 3 aromatic rings. The van der Waals surface area contributed by atoms with Crippen molar-refractivity contribution in [1.29, 1.82) is 0 Å². The van der Waals surface area contributed by atoms with Gasteiger partial charge in [0.15, 0.2) is 17.3 Å². The number of halogens is 1. The van der Waals surface area contributed by atoms with Crippen LogP contribution in [-0.2, 0) is 0 Å². The van der Waals surface area contributed by atoms with Gasteiger partial charge in [0.2, 0.25) is 4.77 Å². The molecule has 6 nitrogen and oxygen atoms in total. The minimum absolute atomic E-state index is 0.247. The number of H-pyrrole nitrogens is 1. The van der Waals surface area contributed by atoms with Gasteiger partial charge in [0.25, 0.3) is 0 Å². The van der Waals surface area contributed by atoms with Crippen LogP contribution in [0.3, 0.4) is 0 Å². The third-order valence-electron chi connectivity index (χ3n) is 3.51. The zero-order valence-electron chi connectivity index (χ0n) is 13.6. The lowest BCUT2D eigenvalue weighted by atomic mass is 10.2. The summed E-state index contributed by atoms with van der Waals surface area (Å²) in [7, 11) is 3.10. The lowest BCUT2D eigenvalue weighted by Gasteiger charge is -2.09. The number of hydrogen-bond acceptors (Lipinski definition) is 5. The van der Waals surface area contributed by atoms with Crippen LogP contribution in [0, 0.1) is 10.6 Å². The smallest absolute Gasteiger partial charge is 0.216 e. The predicted molar refractivity (Wildman–Crippen MR) is 95.3 cm³/mol. The van der Waals surface area contributed by atoms with Crippen LogP contribution < -0.4 is 9.47 Å². The van der Waals surface area contributed by atoms with E-state index in [0.717, 1.165) is 0 Å². The van der Waals surface area contributed by atoms with Crippen molar-refractivity contribution in [2.45, 2.75) is 0 Å². The Morgan fingerprint density at radius 3 is 2.68 bits per heavy atom. The molecule has 8 heteroatoms. The lowest BCUT2D eigenvalue weighted by molar-refractivity contribution is 0.354. The van der Waals surface area contributed by atoms with Crippen LogP contribution in [0.15, 0.2) is 47.6 Å². The van der Waals surface area contributed by atoms with E-state index in [0.29, 0.717) is 22.6 Å². The first-order valence-corrected chi connectivity index (χ1v) is 7.74. The van der Waals surface area contributed by atoms with E-state index >= 15 is 0 Å². The predicted octanol–water partition coefficient (Wildman–Crippen LogP) is 3.65. The fourth-order valence-corrected chi connectivity index (χ4v) is 2.53. The van der Waals surface area contributed by atoms with Gasteiger partial charge in [0.1, 0.15) is 5.82 Å². The molecule has 2 aromatic carbocycles. The van der Waals surface area contributed by atoms with Crippen molar-refractivity contribution in [3.63, 3.8) is 0 Å². The molecule has 1 heterocycles. The molecule has 0 spiro atoms. The van der Waals surface area contributed by atoms with Gasteiger partial charge < -0.3 is 9.47 Å². The Morgan fingerprint density at radius 1 is 1.16 bits per heavy atom. The summed E-state index contributed by atoms with van der Waals surface area (Å²) >= 11 is 5.19. The zero-order chi connectivity index (χ0) is 17.8. The Bertz CT molecular complexity index is 981. The molecule has 0 bridgehead atoms. The SMILES string of the molecule is COc1cccc(/C=N\n2c(-c3ccccc3F)n[nH]c2=S)c1OC. The second kappa shape index (κ2) is 7.27. The number of benzene rings is 2. The average molecular weight is 358 g/mol. The number of para-hydroxylation sites is 1. The van der Waals surface area contributed by atoms with Gasteiger partial charge in [-0.15, -0.1) is 0 Å². The maximum atomic E-state index is 14.1. The van der Waals surface area contributed by atoms with Crippen molar-refractivity contribution in [3.05, 3.63) is 58.6 Å². The average Bonchev–Trinajstić information content (AvgIpc) is 3.00. The number of nitrogens with one attached hydrogen (secondary N) is 1. The molecule has 0 aliphatic heterocycles. The van der Waals surface area contributed by atoms with Crippen LogP contribution in [0.25, 0.3) is 11.4 Å². The summed E-state index contributed by atoms with van der Waals surface area (Å²) in [6.07, 6.45) is 1.55. The summed E-state index contributed by atoms with van der Waals surface area (Å²) < 4.78 is 26.3. The van der Waals surface area contributed by atoms with Crippen molar-refractivity contribution in [2.75, 3.05) is 14.2 Å². The number of aromatic amines is 1. The van der Waals surface area contributed by atoms with E-state index in [2.05, 4.69) is 15.3 Å². The van der Waals surface area contributed by atoms with E-state index in [1.165, 1.54) is 10.7 Å². The van der Waals surface area contributed by atoms with Gasteiger partial charge in [-0.2, -0.15) is 14.9 Å². The molecule has 0 radical (unpaired) electrons. The first-order valence-electron chi connectivity index (χ1n) is 7.33. The van der Waals surface area contributed by atoms with Crippen LogP contribution >= 0.6 is 12.2 Å². The molecule has 0 saturated heterocycles. The van der Waals surface area contributed by atoms with Crippen LogP contribution in [0.4, 0.5) is 4.39 Å². The third kappa shape index (κ3) is 3.29. The first-order chi connectivity index (χ1) is 12.2. The normalized spacial score (nSPS) is 11.0. The molecule has 1 N–H and O–H groups in total. The molecule has 0 aliphatic rings. The first kappa shape index (κ1) is 16.8. The topological polar surface area (TPSA) is 64.4 Å². The largest absolute Gasteiger partial charge is 0.493 e. The Morgan fingerprint density at radius 2 is 1.96 bits per heavy atom. The highest BCUT2D eigenvalue weighted by Gasteiger charge is 2.13. The minimum Gasteiger partial charge on any atom is -0.493 e. The van der Waals surface area contributed by atoms with Crippen molar-refractivity contribution >= 4 is 18.4 Å². The highest BCUT2D eigenvalue weighted by Crippen LogP contribution is 2.29. The van der Waals surface area contributed by atoms with Gasteiger partial charge in [-0.3, -0.25) is 0 Å². The molecule has 128 valence electrons. The molecular formula is C17H15FN4O2S. The number of ether oxygens (including phenoxy) is 2. The fraction of sp³-hybridized carbons (Fsp3) is 0.118. The van der Waals surface area contributed by atoms with Crippen molar-refractivity contribution in [3.8, 4) is 22.9 Å². The van der Waals surface area contributed by atoms with Gasteiger partial charge in [0, 0.05) is 5.56 Å². The van der Waals surface area contributed by atoms with Crippen LogP contribution in [0.5, 0.6) is 11.5 Å². The summed E-state index contributed by atoms with van der Waals surface area (Å²) in [5.41, 5.74) is 0.981. The van der Waals surface area contributed by atoms with E-state index in [1.807, 2.05) is 12.1 Å². The van der Waals surface area contributed by atoms with Gasteiger partial charge in [-0.05, 0) is 36.5 Å². The Balaban J connectivity index is 2.06. The van der Waals surface area contributed by atoms with Crippen molar-refractivity contribution in [2.24, 2.45) is 5.10 Å². The molecule has 0 aliphatic carbocycles. The maximum absolute atomic E-state index is 14.1. The highest BCUT2D eigenvalue weighted by atomic mass is 32.1. The third-order valence-corrected chi connectivity index (χ3v) is 3.78. The standard InChI is InChI=1S/C17H15FN4O2S/c1-23-14-9-5-6-11(15(14)24-2)10-19-22-16(20-21-17(22)25)12-7-3-4-8-13(12)18/h3-10H,1-2H3,(H,21,25)/b19-10-. The van der Waals surface area contributed by atoms with Gasteiger partial charge >= 0.3 is 0 Å². The Hall–Kier alpha value is -3.00. The highest BCUT2D eigenvalue weighted by molar-refractivity contribution is 7.71. The maximum Gasteiger partial charge on any atom is 0.216 e. The molecular weight excluding hydrogens is 343 g/mol. The van der Waals surface area contributed by atoms with Gasteiger partial charge in [0.05, 0.1) is 26.0 Å². The fourth-order valence-electron chi connectivity index (χ4n) is 2.35. The zero-order valence-corrected chi connectivity index (χ0v) is 14.4. The lowest BCUT2D eigenvalue weighted by Crippen LogP contribution is -1.99. The van der Waals surface area contributed by atoms with E-state index in [-0.39, 0.29) is 10.6 Å². The summed E-state index contributed by atoms with van der Waals surface area (Å²) in [6, 6.07) is 11.7. The Kier molecular flexibility index (Phi) is 4.90. The van der Waals surface area contributed by atoms with Gasteiger partial charge in [-0.25, -0.2) is 9.49 Å². The van der Waals surface area contributed by atoms with Crippen LogP contribution in [-0.4, -0.2) is 35.3 Å². The number of methoxy groups -OCH3 is 2. The minimum atomic E-state index is -0.410. The molecule has 0 fully saturated rings. The number of rotatable bonds is 5. The van der Waals surface area contributed by atoms with E-state index < -0.39 is 5.82 Å². The summed E-state index contributed by atoms with van der Waals surface area (Å²) in [4.78, 5) is 0. The molecule has 3 rings (SSSR count). The number of hydrogen-bond donors (Lipinski definition) is 1. The number of aromatic nitrogens is 3. The quantitative estimate of drug-likeness (QED) is 0.559. The molecule has 25 heavy (non-hydrogen) atoms. The van der Waals surface area contributed by atoms with E-state index in [4.69, 9.17) is 21.7 Å². The molecule has 0 atom stereocenters. The molecule has 0 amide bonds. The summed E-state index contributed by atoms with van der Waals surface area (Å²) in [5, 5.41) is 11.0.